The summed E-state index contributed by atoms with van der Waals surface area (Å²) in [6.07, 6.45) is 0.574. The first-order chi connectivity index (χ1) is 12.0. The standard InChI is InChI=1S/C20H21NO4/c1-13-3-7-15(8-4-13)21-18(22)12-11-17(20(23)24)19(21)14-5-9-16(25-2)10-6-14/h3-10,17,19H,11-12H2,1-2H3,(H,23,24)/t17-,19+/m0/s1. The van der Waals surface area contributed by atoms with Crippen LogP contribution >= 0.6 is 0 Å². The zero-order chi connectivity index (χ0) is 18.0. The third-order valence-electron chi connectivity index (χ3n) is 4.68. The number of nitrogens with zero attached hydrogens (tertiary/aromatic N) is 1. The van der Waals surface area contributed by atoms with E-state index in [1.165, 1.54) is 0 Å². The van der Waals surface area contributed by atoms with Crippen molar-refractivity contribution in [1.29, 1.82) is 0 Å². The molecule has 2 aromatic rings. The van der Waals surface area contributed by atoms with Gasteiger partial charge in [0.25, 0.3) is 0 Å². The van der Waals surface area contributed by atoms with Crippen molar-refractivity contribution in [2.45, 2.75) is 25.8 Å². The molecule has 1 aliphatic heterocycles. The Hall–Kier alpha value is -2.82. The molecule has 25 heavy (non-hydrogen) atoms. The van der Waals surface area contributed by atoms with Gasteiger partial charge in [0.2, 0.25) is 5.91 Å². The molecular formula is C20H21NO4. The first-order valence-electron chi connectivity index (χ1n) is 8.26. The fourth-order valence-electron chi connectivity index (χ4n) is 3.34. The number of carbonyl (C=O) groups excluding carboxylic acids is 1. The highest BCUT2D eigenvalue weighted by Gasteiger charge is 2.41. The number of anilines is 1. The van der Waals surface area contributed by atoms with Gasteiger partial charge in [-0.15, -0.1) is 0 Å². The van der Waals surface area contributed by atoms with Gasteiger partial charge in [-0.1, -0.05) is 29.8 Å². The molecule has 0 radical (unpaired) electrons. The van der Waals surface area contributed by atoms with E-state index < -0.39 is 17.9 Å². The van der Waals surface area contributed by atoms with Gasteiger partial charge in [-0.05, 0) is 43.2 Å². The van der Waals surface area contributed by atoms with Crippen LogP contribution in [0.1, 0.15) is 30.0 Å². The highest BCUT2D eigenvalue weighted by atomic mass is 16.5. The number of hydrogen-bond acceptors (Lipinski definition) is 3. The molecule has 1 fully saturated rings. The fourth-order valence-corrected chi connectivity index (χ4v) is 3.34. The van der Waals surface area contributed by atoms with E-state index in [9.17, 15) is 14.7 Å². The molecule has 0 bridgehead atoms. The fraction of sp³-hybridized carbons (Fsp3) is 0.300. The number of carboxylic acids is 1. The normalized spacial score (nSPS) is 20.4. The number of benzene rings is 2. The summed E-state index contributed by atoms with van der Waals surface area (Å²) in [5.74, 6) is -0.889. The molecule has 0 unspecified atom stereocenters. The predicted octanol–water partition coefficient (Wildman–Crippen LogP) is 3.57. The van der Waals surface area contributed by atoms with Gasteiger partial charge in [-0.25, -0.2) is 0 Å². The highest BCUT2D eigenvalue weighted by Crippen LogP contribution is 2.40. The van der Waals surface area contributed by atoms with E-state index in [0.717, 1.165) is 16.8 Å². The number of methoxy groups -OCH3 is 1. The van der Waals surface area contributed by atoms with Crippen molar-refractivity contribution >= 4 is 17.6 Å². The first kappa shape index (κ1) is 17.0. The summed E-state index contributed by atoms with van der Waals surface area (Å²) in [7, 11) is 1.58. The number of hydrogen-bond donors (Lipinski definition) is 1. The van der Waals surface area contributed by atoms with Crippen LogP contribution in [0.3, 0.4) is 0 Å². The van der Waals surface area contributed by atoms with Gasteiger partial charge in [0, 0.05) is 12.1 Å². The molecule has 5 heteroatoms. The summed E-state index contributed by atoms with van der Waals surface area (Å²) in [5.41, 5.74) is 2.60. The quantitative estimate of drug-likeness (QED) is 0.925. The van der Waals surface area contributed by atoms with Crippen molar-refractivity contribution in [3.8, 4) is 5.75 Å². The third-order valence-corrected chi connectivity index (χ3v) is 4.68. The van der Waals surface area contributed by atoms with E-state index in [2.05, 4.69) is 0 Å². The number of carbonyl (C=O) groups is 2. The monoisotopic (exact) mass is 339 g/mol. The van der Waals surface area contributed by atoms with Crippen LogP contribution in [0.15, 0.2) is 48.5 Å². The molecule has 1 saturated heterocycles. The number of rotatable bonds is 4. The molecular weight excluding hydrogens is 318 g/mol. The van der Waals surface area contributed by atoms with Gasteiger partial charge in [-0.2, -0.15) is 0 Å². The van der Waals surface area contributed by atoms with Crippen LogP contribution in [0.25, 0.3) is 0 Å². The Morgan fingerprint density at radius 1 is 1.12 bits per heavy atom. The smallest absolute Gasteiger partial charge is 0.308 e. The second kappa shape index (κ2) is 6.97. The lowest BCUT2D eigenvalue weighted by Gasteiger charge is -2.40. The molecule has 1 amide bonds. The van der Waals surface area contributed by atoms with Crippen molar-refractivity contribution in [3.05, 3.63) is 59.7 Å². The van der Waals surface area contributed by atoms with Crippen LogP contribution in [0, 0.1) is 12.8 Å². The van der Waals surface area contributed by atoms with Crippen molar-refractivity contribution in [2.75, 3.05) is 12.0 Å². The molecule has 130 valence electrons. The first-order valence-corrected chi connectivity index (χ1v) is 8.26. The Kier molecular flexibility index (Phi) is 4.74. The maximum Gasteiger partial charge on any atom is 0.308 e. The molecule has 2 atom stereocenters. The highest BCUT2D eigenvalue weighted by molar-refractivity contribution is 5.96. The Balaban J connectivity index is 2.07. The number of aliphatic carboxylic acids is 1. The van der Waals surface area contributed by atoms with Gasteiger partial charge in [0.15, 0.2) is 0 Å². The molecule has 0 saturated carbocycles. The number of aryl methyl sites for hydroxylation is 1. The van der Waals surface area contributed by atoms with Crippen molar-refractivity contribution in [1.82, 2.24) is 0 Å². The second-order valence-electron chi connectivity index (χ2n) is 6.30. The Bertz CT molecular complexity index is 767. The zero-order valence-electron chi connectivity index (χ0n) is 14.3. The lowest BCUT2D eigenvalue weighted by Crippen LogP contribution is -2.45. The summed E-state index contributed by atoms with van der Waals surface area (Å²) < 4.78 is 5.18. The summed E-state index contributed by atoms with van der Waals surface area (Å²) >= 11 is 0. The lowest BCUT2D eigenvalue weighted by molar-refractivity contribution is -0.144. The zero-order valence-corrected chi connectivity index (χ0v) is 14.3. The number of ether oxygens (including phenoxy) is 1. The topological polar surface area (TPSA) is 66.8 Å². The molecule has 2 aromatic carbocycles. The van der Waals surface area contributed by atoms with Crippen LogP contribution < -0.4 is 9.64 Å². The van der Waals surface area contributed by atoms with Crippen LogP contribution in [-0.4, -0.2) is 24.1 Å². The Morgan fingerprint density at radius 3 is 2.32 bits per heavy atom. The number of piperidine rings is 1. The maximum atomic E-state index is 12.7. The summed E-state index contributed by atoms with van der Waals surface area (Å²) in [6, 6.07) is 14.3. The molecule has 3 rings (SSSR count). The maximum absolute atomic E-state index is 12.7. The lowest BCUT2D eigenvalue weighted by atomic mass is 9.84. The van der Waals surface area contributed by atoms with Gasteiger partial charge in [-0.3, -0.25) is 9.59 Å². The van der Waals surface area contributed by atoms with Crippen LogP contribution in [0.5, 0.6) is 5.75 Å². The molecule has 0 aromatic heterocycles. The van der Waals surface area contributed by atoms with Gasteiger partial charge in [0.1, 0.15) is 5.75 Å². The number of amides is 1. The van der Waals surface area contributed by atoms with E-state index in [-0.39, 0.29) is 12.3 Å². The largest absolute Gasteiger partial charge is 0.497 e. The molecule has 1 N–H and O–H groups in total. The molecule has 0 spiro atoms. The van der Waals surface area contributed by atoms with Crippen LogP contribution in [0.2, 0.25) is 0 Å². The average molecular weight is 339 g/mol. The van der Waals surface area contributed by atoms with Gasteiger partial charge < -0.3 is 14.7 Å². The summed E-state index contributed by atoms with van der Waals surface area (Å²) in [6.45, 7) is 1.98. The Morgan fingerprint density at radius 2 is 1.76 bits per heavy atom. The SMILES string of the molecule is COc1ccc([C@@H]2[C@@H](C(=O)O)CCC(=O)N2c2ccc(C)cc2)cc1. The van der Waals surface area contributed by atoms with E-state index in [1.807, 2.05) is 43.3 Å². The predicted molar refractivity (Wildman–Crippen MR) is 94.8 cm³/mol. The Labute approximate surface area is 146 Å². The van der Waals surface area contributed by atoms with Crippen molar-refractivity contribution in [3.63, 3.8) is 0 Å². The minimum absolute atomic E-state index is 0.0535. The molecule has 0 aliphatic carbocycles. The molecule has 1 heterocycles. The van der Waals surface area contributed by atoms with E-state index >= 15 is 0 Å². The molecule has 1 aliphatic rings. The van der Waals surface area contributed by atoms with Gasteiger partial charge in [0.05, 0.1) is 19.1 Å². The van der Waals surface area contributed by atoms with E-state index in [0.29, 0.717) is 12.2 Å². The van der Waals surface area contributed by atoms with Gasteiger partial charge >= 0.3 is 5.97 Å². The van der Waals surface area contributed by atoms with Crippen molar-refractivity contribution in [2.24, 2.45) is 5.92 Å². The minimum Gasteiger partial charge on any atom is -0.497 e. The average Bonchev–Trinajstić information content (AvgIpc) is 2.62. The molecule has 5 nitrogen and oxygen atoms in total. The van der Waals surface area contributed by atoms with Crippen LogP contribution in [0.4, 0.5) is 5.69 Å². The third kappa shape index (κ3) is 3.36. The minimum atomic E-state index is -0.884. The summed E-state index contributed by atoms with van der Waals surface area (Å²) in [4.78, 5) is 26.1. The van der Waals surface area contributed by atoms with E-state index in [1.54, 1.807) is 24.1 Å². The van der Waals surface area contributed by atoms with Crippen molar-refractivity contribution < 1.29 is 19.4 Å². The number of carboxylic acid groups (broad SMARTS) is 1. The van der Waals surface area contributed by atoms with Crippen LogP contribution in [-0.2, 0) is 9.59 Å². The summed E-state index contributed by atoms with van der Waals surface area (Å²) in [5, 5.41) is 9.70. The van der Waals surface area contributed by atoms with E-state index in [4.69, 9.17) is 4.74 Å². The second-order valence-corrected chi connectivity index (χ2v) is 6.30.